The van der Waals surface area contributed by atoms with Crippen LogP contribution in [0.4, 0.5) is 22.0 Å². The first kappa shape index (κ1) is 20.8. The minimum absolute atomic E-state index is 0.0210. The van der Waals surface area contributed by atoms with E-state index in [9.17, 15) is 22.0 Å². The third kappa shape index (κ3) is 4.20. The Hall–Kier alpha value is -2.45. The maximum Gasteiger partial charge on any atom is 0.523 e. The fraction of sp³-hybridized carbons (Fsp3) is 0.227. The SMILES string of the molecule is Fc1cccc(F)c1C1=NC(C2(OC(F)(F)F)C=CC(c3ccccc3)C=C2)CS1. The van der Waals surface area contributed by atoms with E-state index in [1.54, 1.807) is 12.2 Å². The predicted octanol–water partition coefficient (Wildman–Crippen LogP) is 6.01. The van der Waals surface area contributed by atoms with E-state index >= 15 is 0 Å². The first-order chi connectivity index (χ1) is 14.3. The van der Waals surface area contributed by atoms with E-state index in [-0.39, 0.29) is 22.3 Å². The van der Waals surface area contributed by atoms with E-state index in [4.69, 9.17) is 0 Å². The van der Waals surface area contributed by atoms with Crippen molar-refractivity contribution in [3.8, 4) is 0 Å². The summed E-state index contributed by atoms with van der Waals surface area (Å²) >= 11 is 1.00. The summed E-state index contributed by atoms with van der Waals surface area (Å²) in [5, 5.41) is 0.0210. The van der Waals surface area contributed by atoms with Crippen LogP contribution in [0, 0.1) is 11.6 Å². The van der Waals surface area contributed by atoms with Crippen molar-refractivity contribution in [2.24, 2.45) is 4.99 Å². The Balaban J connectivity index is 1.68. The summed E-state index contributed by atoms with van der Waals surface area (Å²) in [6.07, 6.45) is 1.02. The first-order valence-electron chi connectivity index (χ1n) is 9.13. The molecule has 0 fully saturated rings. The van der Waals surface area contributed by atoms with Gasteiger partial charge in [0.2, 0.25) is 0 Å². The summed E-state index contributed by atoms with van der Waals surface area (Å²) in [7, 11) is 0. The van der Waals surface area contributed by atoms with E-state index in [0.717, 1.165) is 29.5 Å². The topological polar surface area (TPSA) is 21.6 Å². The predicted molar refractivity (Wildman–Crippen MR) is 106 cm³/mol. The summed E-state index contributed by atoms with van der Waals surface area (Å²) in [4.78, 5) is 4.23. The lowest BCUT2D eigenvalue weighted by Gasteiger charge is -2.35. The van der Waals surface area contributed by atoms with E-state index in [1.165, 1.54) is 18.2 Å². The number of ether oxygens (including phenoxy) is 1. The molecule has 1 unspecified atom stereocenters. The molecule has 0 bridgehead atoms. The average molecular weight is 437 g/mol. The Kier molecular flexibility index (Phi) is 5.55. The molecule has 2 aliphatic rings. The molecule has 156 valence electrons. The normalized spacial score (nSPS) is 26.1. The van der Waals surface area contributed by atoms with Gasteiger partial charge in [-0.1, -0.05) is 48.6 Å². The lowest BCUT2D eigenvalue weighted by Crippen LogP contribution is -2.45. The number of thioether (sulfide) groups is 1. The van der Waals surface area contributed by atoms with Gasteiger partial charge in [-0.3, -0.25) is 9.73 Å². The molecule has 0 saturated heterocycles. The highest BCUT2D eigenvalue weighted by atomic mass is 32.2. The zero-order valence-electron chi connectivity index (χ0n) is 15.4. The van der Waals surface area contributed by atoms with Gasteiger partial charge in [-0.2, -0.15) is 0 Å². The molecule has 8 heteroatoms. The molecule has 0 N–H and O–H groups in total. The Morgan fingerprint density at radius 2 is 1.57 bits per heavy atom. The molecule has 1 aliphatic heterocycles. The van der Waals surface area contributed by atoms with Crippen molar-refractivity contribution in [2.75, 3.05) is 5.75 Å². The summed E-state index contributed by atoms with van der Waals surface area (Å²) in [5.74, 6) is -1.75. The number of halogens is 5. The first-order valence-corrected chi connectivity index (χ1v) is 10.1. The van der Waals surface area contributed by atoms with Crippen LogP contribution in [0.25, 0.3) is 0 Å². The van der Waals surface area contributed by atoms with E-state index < -0.39 is 29.6 Å². The molecule has 0 spiro atoms. The number of benzene rings is 2. The van der Waals surface area contributed by atoms with Crippen LogP contribution >= 0.6 is 11.8 Å². The Bertz CT molecular complexity index is 982. The van der Waals surface area contributed by atoms with Crippen molar-refractivity contribution in [3.05, 3.63) is 95.6 Å². The smallest absolute Gasteiger partial charge is 0.274 e. The van der Waals surface area contributed by atoms with Gasteiger partial charge in [0, 0.05) is 11.7 Å². The van der Waals surface area contributed by atoms with Crippen molar-refractivity contribution in [3.63, 3.8) is 0 Å². The van der Waals surface area contributed by atoms with Gasteiger partial charge < -0.3 is 0 Å². The molecule has 0 saturated carbocycles. The third-order valence-electron chi connectivity index (χ3n) is 4.95. The number of hydrogen-bond donors (Lipinski definition) is 0. The quantitative estimate of drug-likeness (QED) is 0.432. The van der Waals surface area contributed by atoms with Gasteiger partial charge in [-0.05, 0) is 29.8 Å². The van der Waals surface area contributed by atoms with Crippen LogP contribution in [0.15, 0.2) is 77.8 Å². The van der Waals surface area contributed by atoms with Gasteiger partial charge in [0.05, 0.1) is 11.6 Å². The number of nitrogens with zero attached hydrogens (tertiary/aromatic N) is 1. The molecule has 1 atom stereocenters. The van der Waals surface area contributed by atoms with Crippen molar-refractivity contribution in [2.45, 2.75) is 23.9 Å². The van der Waals surface area contributed by atoms with Crippen molar-refractivity contribution in [1.29, 1.82) is 0 Å². The molecule has 0 aromatic heterocycles. The fourth-order valence-electron chi connectivity index (χ4n) is 3.53. The maximum absolute atomic E-state index is 14.1. The molecule has 2 nitrogen and oxygen atoms in total. The monoisotopic (exact) mass is 437 g/mol. The number of hydrogen-bond acceptors (Lipinski definition) is 3. The molecule has 4 rings (SSSR count). The summed E-state index contributed by atoms with van der Waals surface area (Å²) in [5.41, 5.74) is -1.30. The lowest BCUT2D eigenvalue weighted by molar-refractivity contribution is -0.352. The second-order valence-corrected chi connectivity index (χ2v) is 7.92. The van der Waals surface area contributed by atoms with Crippen LogP contribution < -0.4 is 0 Å². The molecule has 2 aromatic carbocycles. The highest BCUT2D eigenvalue weighted by Gasteiger charge is 2.48. The minimum atomic E-state index is -4.92. The number of aliphatic imine (C=N–C) groups is 1. The van der Waals surface area contributed by atoms with Crippen LogP contribution in [0.2, 0.25) is 0 Å². The number of rotatable bonds is 4. The fourth-order valence-corrected chi connectivity index (χ4v) is 4.72. The van der Waals surface area contributed by atoms with Crippen LogP contribution in [-0.2, 0) is 4.74 Å². The molecule has 30 heavy (non-hydrogen) atoms. The minimum Gasteiger partial charge on any atom is -0.274 e. The molecule has 0 amide bonds. The Morgan fingerprint density at radius 1 is 0.933 bits per heavy atom. The molecular formula is C22H16F5NOS. The van der Waals surface area contributed by atoms with Gasteiger partial charge in [0.15, 0.2) is 0 Å². The van der Waals surface area contributed by atoms with E-state index in [2.05, 4.69) is 9.73 Å². The largest absolute Gasteiger partial charge is 0.523 e. The van der Waals surface area contributed by atoms with Crippen molar-refractivity contribution >= 4 is 16.8 Å². The van der Waals surface area contributed by atoms with Gasteiger partial charge in [-0.25, -0.2) is 8.78 Å². The van der Waals surface area contributed by atoms with E-state index in [0.29, 0.717) is 0 Å². The van der Waals surface area contributed by atoms with Crippen LogP contribution in [0.1, 0.15) is 17.0 Å². The summed E-state index contributed by atoms with van der Waals surface area (Å²) in [6.45, 7) is 0. The van der Waals surface area contributed by atoms with Gasteiger partial charge >= 0.3 is 6.36 Å². The highest BCUT2D eigenvalue weighted by Crippen LogP contribution is 2.41. The molecule has 0 radical (unpaired) electrons. The molecule has 1 heterocycles. The Labute approximate surface area is 174 Å². The summed E-state index contributed by atoms with van der Waals surface area (Å²) < 4.78 is 72.4. The molecular weight excluding hydrogens is 421 g/mol. The average Bonchev–Trinajstić information content (AvgIpc) is 3.18. The second-order valence-electron chi connectivity index (χ2n) is 6.91. The van der Waals surface area contributed by atoms with Gasteiger partial charge in [0.1, 0.15) is 22.3 Å². The van der Waals surface area contributed by atoms with Gasteiger partial charge in [0.25, 0.3) is 0 Å². The molecule has 2 aromatic rings. The lowest BCUT2D eigenvalue weighted by atomic mass is 9.84. The van der Waals surface area contributed by atoms with Crippen LogP contribution in [0.3, 0.4) is 0 Å². The third-order valence-corrected chi connectivity index (χ3v) is 6.02. The summed E-state index contributed by atoms with van der Waals surface area (Å²) in [6, 6.07) is 11.7. The van der Waals surface area contributed by atoms with Crippen LogP contribution in [0.5, 0.6) is 0 Å². The zero-order valence-corrected chi connectivity index (χ0v) is 16.3. The second kappa shape index (κ2) is 8.00. The number of alkyl halides is 3. The number of allylic oxidation sites excluding steroid dienone is 2. The van der Waals surface area contributed by atoms with Gasteiger partial charge in [-0.15, -0.1) is 24.9 Å². The van der Waals surface area contributed by atoms with Crippen molar-refractivity contribution in [1.82, 2.24) is 0 Å². The van der Waals surface area contributed by atoms with Crippen LogP contribution in [-0.4, -0.2) is 28.8 Å². The Morgan fingerprint density at radius 3 is 2.17 bits per heavy atom. The van der Waals surface area contributed by atoms with Crippen molar-refractivity contribution < 1.29 is 26.7 Å². The molecule has 1 aliphatic carbocycles. The highest BCUT2D eigenvalue weighted by molar-refractivity contribution is 8.14. The van der Waals surface area contributed by atoms with E-state index in [1.807, 2.05) is 30.3 Å². The maximum atomic E-state index is 14.1. The zero-order chi connectivity index (χ0) is 21.4. The standard InChI is InChI=1S/C22H16F5NOS/c23-16-7-4-8-17(24)19(16)20-28-18(13-30-20)21(29-22(25,26)27)11-9-15(10-12-21)14-5-2-1-3-6-14/h1-12,15,18H,13H2.